The lowest BCUT2D eigenvalue weighted by molar-refractivity contribution is 0.102. The molecule has 1 heterocycles. The molecule has 0 aliphatic carbocycles. The van der Waals surface area contributed by atoms with E-state index >= 15 is 0 Å². The maximum atomic E-state index is 12.3. The number of aromatic amines is 1. The molecule has 0 saturated carbocycles. The third-order valence-corrected chi connectivity index (χ3v) is 3.11. The lowest BCUT2D eigenvalue weighted by Gasteiger charge is -2.08. The van der Waals surface area contributed by atoms with Crippen LogP contribution in [0, 0.1) is 0 Å². The van der Waals surface area contributed by atoms with Gasteiger partial charge in [-0.15, -0.1) is 0 Å². The number of hydrogen-bond donors (Lipinski definition) is 2. The zero-order valence-electron chi connectivity index (χ0n) is 11.6. The Bertz CT molecular complexity index is 780. The van der Waals surface area contributed by atoms with Crippen LogP contribution < -0.4 is 10.1 Å². The summed E-state index contributed by atoms with van der Waals surface area (Å²) in [5, 5.41) is 10.6. The number of anilines is 1. The van der Waals surface area contributed by atoms with E-state index in [1.165, 1.54) is 0 Å². The fraction of sp³-hybridized carbons (Fsp3) is 0.125. The van der Waals surface area contributed by atoms with Crippen LogP contribution in [-0.2, 0) is 0 Å². The molecule has 3 aromatic rings. The van der Waals surface area contributed by atoms with Gasteiger partial charge in [-0.05, 0) is 31.2 Å². The standard InChI is InChI=1S/C16H15N3O2/c1-2-21-14-5-3-4-13(9-14)18-16(20)11-6-7-12-10-17-19-15(12)8-11/h3-10H,2H2,1H3,(H,17,19)(H,18,20). The molecule has 0 aliphatic heterocycles. The van der Waals surface area contributed by atoms with Gasteiger partial charge in [-0.2, -0.15) is 5.10 Å². The van der Waals surface area contributed by atoms with Gasteiger partial charge in [0.05, 0.1) is 18.3 Å². The van der Waals surface area contributed by atoms with Crippen LogP contribution in [0.25, 0.3) is 10.9 Å². The van der Waals surface area contributed by atoms with E-state index in [2.05, 4.69) is 15.5 Å². The fourth-order valence-corrected chi connectivity index (χ4v) is 2.11. The maximum Gasteiger partial charge on any atom is 0.255 e. The number of fused-ring (bicyclic) bond motifs is 1. The molecule has 2 N–H and O–H groups in total. The number of hydrogen-bond acceptors (Lipinski definition) is 3. The Morgan fingerprint density at radius 2 is 2.19 bits per heavy atom. The average Bonchev–Trinajstić information content (AvgIpc) is 2.95. The summed E-state index contributed by atoms with van der Waals surface area (Å²) in [6.45, 7) is 2.51. The smallest absolute Gasteiger partial charge is 0.255 e. The molecule has 2 aromatic carbocycles. The number of carbonyl (C=O) groups excluding carboxylic acids is 1. The first-order valence-electron chi connectivity index (χ1n) is 6.73. The molecule has 5 nitrogen and oxygen atoms in total. The van der Waals surface area contributed by atoms with E-state index in [4.69, 9.17) is 4.74 Å². The zero-order valence-corrected chi connectivity index (χ0v) is 11.6. The lowest BCUT2D eigenvalue weighted by Crippen LogP contribution is -2.11. The summed E-state index contributed by atoms with van der Waals surface area (Å²) in [6.07, 6.45) is 1.72. The van der Waals surface area contributed by atoms with Crippen molar-refractivity contribution in [1.82, 2.24) is 10.2 Å². The van der Waals surface area contributed by atoms with E-state index in [1.807, 2.05) is 31.2 Å². The summed E-state index contributed by atoms with van der Waals surface area (Å²) >= 11 is 0. The summed E-state index contributed by atoms with van der Waals surface area (Å²) in [5.41, 5.74) is 2.12. The Kier molecular flexibility index (Phi) is 3.55. The molecular formula is C16H15N3O2. The monoisotopic (exact) mass is 281 g/mol. The van der Waals surface area contributed by atoms with E-state index in [0.717, 1.165) is 16.7 Å². The Morgan fingerprint density at radius 1 is 1.29 bits per heavy atom. The van der Waals surface area contributed by atoms with E-state index in [9.17, 15) is 4.79 Å². The molecule has 0 radical (unpaired) electrons. The maximum absolute atomic E-state index is 12.3. The van der Waals surface area contributed by atoms with Gasteiger partial charge in [0.15, 0.2) is 0 Å². The fourth-order valence-electron chi connectivity index (χ4n) is 2.11. The molecule has 0 spiro atoms. The number of amides is 1. The molecule has 0 fully saturated rings. The number of H-pyrrole nitrogens is 1. The molecule has 0 saturated heterocycles. The second-order valence-electron chi connectivity index (χ2n) is 4.59. The van der Waals surface area contributed by atoms with Gasteiger partial charge in [0.2, 0.25) is 0 Å². The van der Waals surface area contributed by atoms with Crippen molar-refractivity contribution in [2.45, 2.75) is 6.92 Å². The highest BCUT2D eigenvalue weighted by atomic mass is 16.5. The van der Waals surface area contributed by atoms with Crippen LogP contribution in [0.5, 0.6) is 5.75 Å². The molecule has 3 rings (SSSR count). The van der Waals surface area contributed by atoms with Crippen molar-refractivity contribution in [1.29, 1.82) is 0 Å². The van der Waals surface area contributed by atoms with Crippen LogP contribution in [0.15, 0.2) is 48.7 Å². The number of carbonyl (C=O) groups is 1. The van der Waals surface area contributed by atoms with Gasteiger partial charge in [-0.25, -0.2) is 0 Å². The normalized spacial score (nSPS) is 10.5. The number of nitrogens with one attached hydrogen (secondary N) is 2. The predicted octanol–water partition coefficient (Wildman–Crippen LogP) is 3.21. The van der Waals surface area contributed by atoms with E-state index < -0.39 is 0 Å². The minimum atomic E-state index is -0.167. The number of aromatic nitrogens is 2. The summed E-state index contributed by atoms with van der Waals surface area (Å²) in [7, 11) is 0. The van der Waals surface area contributed by atoms with Crippen molar-refractivity contribution in [3.05, 3.63) is 54.2 Å². The van der Waals surface area contributed by atoms with Gasteiger partial charge in [0, 0.05) is 22.7 Å². The first kappa shape index (κ1) is 13.2. The summed E-state index contributed by atoms with van der Waals surface area (Å²) < 4.78 is 5.42. The van der Waals surface area contributed by atoms with Gasteiger partial charge >= 0.3 is 0 Å². The number of rotatable bonds is 4. The summed E-state index contributed by atoms with van der Waals surface area (Å²) in [5.74, 6) is 0.569. The number of ether oxygens (including phenoxy) is 1. The molecule has 21 heavy (non-hydrogen) atoms. The predicted molar refractivity (Wildman–Crippen MR) is 81.7 cm³/mol. The Morgan fingerprint density at radius 3 is 3.05 bits per heavy atom. The van der Waals surface area contributed by atoms with Gasteiger partial charge in [-0.3, -0.25) is 9.89 Å². The van der Waals surface area contributed by atoms with Crippen molar-refractivity contribution in [3.63, 3.8) is 0 Å². The zero-order chi connectivity index (χ0) is 14.7. The molecule has 0 atom stereocenters. The average molecular weight is 281 g/mol. The van der Waals surface area contributed by atoms with Gasteiger partial charge < -0.3 is 10.1 Å². The van der Waals surface area contributed by atoms with Crippen LogP contribution in [0.2, 0.25) is 0 Å². The molecule has 1 aromatic heterocycles. The van der Waals surface area contributed by atoms with Crippen molar-refractivity contribution < 1.29 is 9.53 Å². The van der Waals surface area contributed by atoms with E-state index in [1.54, 1.807) is 24.4 Å². The number of benzene rings is 2. The minimum Gasteiger partial charge on any atom is -0.494 e. The van der Waals surface area contributed by atoms with E-state index in [-0.39, 0.29) is 5.91 Å². The van der Waals surface area contributed by atoms with Crippen LogP contribution in [-0.4, -0.2) is 22.7 Å². The SMILES string of the molecule is CCOc1cccc(NC(=O)c2ccc3cn[nH]c3c2)c1. The molecular weight excluding hydrogens is 266 g/mol. The van der Waals surface area contributed by atoms with Gasteiger partial charge in [-0.1, -0.05) is 12.1 Å². The van der Waals surface area contributed by atoms with Crippen LogP contribution >= 0.6 is 0 Å². The third kappa shape index (κ3) is 2.86. The highest BCUT2D eigenvalue weighted by Crippen LogP contribution is 2.19. The molecule has 0 unspecified atom stereocenters. The molecule has 5 heteroatoms. The van der Waals surface area contributed by atoms with Crippen molar-refractivity contribution in [3.8, 4) is 5.75 Å². The first-order chi connectivity index (χ1) is 10.3. The van der Waals surface area contributed by atoms with Crippen molar-refractivity contribution in [2.75, 3.05) is 11.9 Å². The second kappa shape index (κ2) is 5.66. The highest BCUT2D eigenvalue weighted by Gasteiger charge is 2.08. The van der Waals surface area contributed by atoms with Gasteiger partial charge in [0.25, 0.3) is 5.91 Å². The quantitative estimate of drug-likeness (QED) is 0.771. The summed E-state index contributed by atoms with van der Waals surface area (Å²) in [6, 6.07) is 12.8. The lowest BCUT2D eigenvalue weighted by atomic mass is 10.1. The van der Waals surface area contributed by atoms with Crippen LogP contribution in [0.1, 0.15) is 17.3 Å². The van der Waals surface area contributed by atoms with Crippen molar-refractivity contribution >= 4 is 22.5 Å². The topological polar surface area (TPSA) is 67.0 Å². The van der Waals surface area contributed by atoms with Gasteiger partial charge in [0.1, 0.15) is 5.75 Å². The Labute approximate surface area is 121 Å². The molecule has 106 valence electrons. The minimum absolute atomic E-state index is 0.167. The van der Waals surface area contributed by atoms with E-state index in [0.29, 0.717) is 17.9 Å². The Balaban J connectivity index is 1.80. The Hall–Kier alpha value is -2.82. The molecule has 1 amide bonds. The second-order valence-corrected chi connectivity index (χ2v) is 4.59. The number of nitrogens with zero attached hydrogens (tertiary/aromatic N) is 1. The third-order valence-electron chi connectivity index (χ3n) is 3.11. The largest absolute Gasteiger partial charge is 0.494 e. The van der Waals surface area contributed by atoms with Crippen LogP contribution in [0.4, 0.5) is 5.69 Å². The first-order valence-corrected chi connectivity index (χ1v) is 6.73. The van der Waals surface area contributed by atoms with Crippen molar-refractivity contribution in [2.24, 2.45) is 0 Å². The molecule has 0 aliphatic rings. The van der Waals surface area contributed by atoms with Crippen LogP contribution in [0.3, 0.4) is 0 Å². The molecule has 0 bridgehead atoms. The summed E-state index contributed by atoms with van der Waals surface area (Å²) in [4.78, 5) is 12.3. The highest BCUT2D eigenvalue weighted by molar-refractivity contribution is 6.06.